The van der Waals surface area contributed by atoms with Gasteiger partial charge in [-0.2, -0.15) is 0 Å². The molecule has 1 atom stereocenters. The van der Waals surface area contributed by atoms with Crippen LogP contribution in [0.25, 0.3) is 0 Å². The molecule has 110 valence electrons. The molecule has 0 radical (unpaired) electrons. The molecule has 0 aliphatic heterocycles. The number of nitrogens with zero attached hydrogens (tertiary/aromatic N) is 1. The van der Waals surface area contributed by atoms with Crippen LogP contribution in [-0.4, -0.2) is 30.1 Å². The number of rotatable bonds is 9. The zero-order valence-corrected chi connectivity index (χ0v) is 12.7. The van der Waals surface area contributed by atoms with E-state index in [0.29, 0.717) is 6.04 Å². The van der Waals surface area contributed by atoms with Crippen molar-refractivity contribution in [2.45, 2.75) is 63.6 Å². The van der Waals surface area contributed by atoms with Gasteiger partial charge in [0.1, 0.15) is 0 Å². The van der Waals surface area contributed by atoms with E-state index in [0.717, 1.165) is 18.6 Å². The van der Waals surface area contributed by atoms with Crippen LogP contribution in [-0.2, 0) is 0 Å². The van der Waals surface area contributed by atoms with Gasteiger partial charge in [0, 0.05) is 24.7 Å². The van der Waals surface area contributed by atoms with E-state index in [1.807, 2.05) is 0 Å². The Morgan fingerprint density at radius 2 is 1.90 bits per heavy atom. The van der Waals surface area contributed by atoms with Gasteiger partial charge in [0.2, 0.25) is 0 Å². The number of benzene rings is 1. The number of hydrogen-bond acceptors (Lipinski definition) is 2. The normalized spacial score (nSPS) is 20.3. The van der Waals surface area contributed by atoms with Gasteiger partial charge < -0.3 is 5.32 Å². The monoisotopic (exact) mass is 272 g/mol. The third kappa shape index (κ3) is 3.83. The smallest absolute Gasteiger partial charge is 0.0475 e. The summed E-state index contributed by atoms with van der Waals surface area (Å²) in [7, 11) is 0. The lowest BCUT2D eigenvalue weighted by molar-refractivity contribution is 0.179. The second-order valence-electron chi connectivity index (χ2n) is 6.43. The van der Waals surface area contributed by atoms with Crippen molar-refractivity contribution in [3.05, 3.63) is 35.9 Å². The summed E-state index contributed by atoms with van der Waals surface area (Å²) in [5, 5.41) is 3.75. The minimum Gasteiger partial charge on any atom is -0.312 e. The molecule has 3 rings (SSSR count). The van der Waals surface area contributed by atoms with E-state index in [-0.39, 0.29) is 0 Å². The van der Waals surface area contributed by atoms with Gasteiger partial charge >= 0.3 is 0 Å². The predicted octanol–water partition coefficient (Wildman–Crippen LogP) is 3.74. The SMILES string of the molecule is CCCCN(C1CC1)C(CNC1CC1)c1ccccc1. The van der Waals surface area contributed by atoms with Crippen molar-refractivity contribution in [2.24, 2.45) is 0 Å². The Bertz CT molecular complexity index is 395. The molecule has 1 aromatic rings. The Morgan fingerprint density at radius 1 is 1.15 bits per heavy atom. The standard InChI is InChI=1S/C18H28N2/c1-2-3-13-20(17-11-12-17)18(14-19-16-9-10-16)15-7-5-4-6-8-15/h4-8,16-19H,2-3,9-14H2,1H3. The van der Waals surface area contributed by atoms with E-state index in [1.54, 1.807) is 0 Å². The first-order chi connectivity index (χ1) is 9.88. The maximum Gasteiger partial charge on any atom is 0.0475 e. The largest absolute Gasteiger partial charge is 0.312 e. The van der Waals surface area contributed by atoms with Gasteiger partial charge in [-0.3, -0.25) is 4.90 Å². The molecule has 1 aromatic carbocycles. The molecule has 20 heavy (non-hydrogen) atoms. The molecule has 2 heteroatoms. The highest BCUT2D eigenvalue weighted by Crippen LogP contribution is 2.35. The van der Waals surface area contributed by atoms with E-state index >= 15 is 0 Å². The highest BCUT2D eigenvalue weighted by molar-refractivity contribution is 5.20. The molecule has 0 bridgehead atoms. The Balaban J connectivity index is 1.70. The van der Waals surface area contributed by atoms with Gasteiger partial charge in [-0.1, -0.05) is 43.7 Å². The second kappa shape index (κ2) is 6.73. The van der Waals surface area contributed by atoms with Crippen LogP contribution in [0.4, 0.5) is 0 Å². The molecule has 2 nitrogen and oxygen atoms in total. The van der Waals surface area contributed by atoms with Crippen LogP contribution in [0.15, 0.2) is 30.3 Å². The van der Waals surface area contributed by atoms with Crippen LogP contribution in [0.3, 0.4) is 0 Å². The van der Waals surface area contributed by atoms with Crippen LogP contribution in [0.1, 0.15) is 57.1 Å². The van der Waals surface area contributed by atoms with Crippen molar-refractivity contribution >= 4 is 0 Å². The van der Waals surface area contributed by atoms with Crippen molar-refractivity contribution in [3.63, 3.8) is 0 Å². The Morgan fingerprint density at radius 3 is 2.50 bits per heavy atom. The molecule has 0 spiro atoms. The molecule has 0 saturated heterocycles. The third-order valence-electron chi connectivity index (χ3n) is 4.55. The first-order valence-corrected chi connectivity index (χ1v) is 8.42. The van der Waals surface area contributed by atoms with Crippen molar-refractivity contribution in [1.82, 2.24) is 10.2 Å². The van der Waals surface area contributed by atoms with E-state index < -0.39 is 0 Å². The summed E-state index contributed by atoms with van der Waals surface area (Å²) in [6, 6.07) is 13.3. The average molecular weight is 272 g/mol. The van der Waals surface area contributed by atoms with Gasteiger partial charge in [0.15, 0.2) is 0 Å². The third-order valence-corrected chi connectivity index (χ3v) is 4.55. The summed E-state index contributed by atoms with van der Waals surface area (Å²) in [4.78, 5) is 2.77. The summed E-state index contributed by atoms with van der Waals surface area (Å²) in [5.41, 5.74) is 1.49. The molecule has 2 fully saturated rings. The van der Waals surface area contributed by atoms with Crippen LogP contribution >= 0.6 is 0 Å². The average Bonchev–Trinajstić information content (AvgIpc) is 3.37. The van der Waals surface area contributed by atoms with Gasteiger partial charge in [-0.15, -0.1) is 0 Å². The van der Waals surface area contributed by atoms with Gasteiger partial charge in [0.25, 0.3) is 0 Å². The quantitative estimate of drug-likeness (QED) is 0.736. The Labute approximate surface area is 123 Å². The fourth-order valence-corrected chi connectivity index (χ4v) is 3.01. The van der Waals surface area contributed by atoms with Crippen molar-refractivity contribution in [2.75, 3.05) is 13.1 Å². The topological polar surface area (TPSA) is 15.3 Å². The molecule has 2 saturated carbocycles. The lowest BCUT2D eigenvalue weighted by Gasteiger charge is -2.32. The molecule has 2 aliphatic carbocycles. The van der Waals surface area contributed by atoms with Crippen molar-refractivity contribution in [1.29, 1.82) is 0 Å². The van der Waals surface area contributed by atoms with Gasteiger partial charge in [-0.25, -0.2) is 0 Å². The van der Waals surface area contributed by atoms with Crippen molar-refractivity contribution < 1.29 is 0 Å². The molecule has 1 unspecified atom stereocenters. The van der Waals surface area contributed by atoms with E-state index in [4.69, 9.17) is 0 Å². The first-order valence-electron chi connectivity index (χ1n) is 8.42. The maximum absolute atomic E-state index is 3.75. The summed E-state index contributed by atoms with van der Waals surface area (Å²) in [5.74, 6) is 0. The van der Waals surface area contributed by atoms with E-state index in [9.17, 15) is 0 Å². The number of hydrogen-bond donors (Lipinski definition) is 1. The van der Waals surface area contributed by atoms with Gasteiger partial charge in [-0.05, 0) is 44.2 Å². The van der Waals surface area contributed by atoms with Gasteiger partial charge in [0.05, 0.1) is 0 Å². The Hall–Kier alpha value is -0.860. The van der Waals surface area contributed by atoms with Crippen LogP contribution in [0, 0.1) is 0 Å². The molecule has 0 heterocycles. The van der Waals surface area contributed by atoms with E-state index in [1.165, 1.54) is 50.6 Å². The predicted molar refractivity (Wildman–Crippen MR) is 84.8 cm³/mol. The lowest BCUT2D eigenvalue weighted by atomic mass is 10.0. The van der Waals surface area contributed by atoms with Crippen molar-refractivity contribution in [3.8, 4) is 0 Å². The summed E-state index contributed by atoms with van der Waals surface area (Å²) in [6.07, 6.45) is 8.16. The molecule has 0 amide bonds. The van der Waals surface area contributed by atoms with Crippen LogP contribution in [0.2, 0.25) is 0 Å². The maximum atomic E-state index is 3.75. The molecular weight excluding hydrogens is 244 g/mol. The minimum absolute atomic E-state index is 0.566. The highest BCUT2D eigenvalue weighted by Gasteiger charge is 2.34. The van der Waals surface area contributed by atoms with Crippen LogP contribution in [0.5, 0.6) is 0 Å². The van der Waals surface area contributed by atoms with E-state index in [2.05, 4.69) is 47.5 Å². The zero-order valence-electron chi connectivity index (χ0n) is 12.7. The molecular formula is C18H28N2. The Kier molecular flexibility index (Phi) is 4.74. The fourth-order valence-electron chi connectivity index (χ4n) is 3.01. The molecule has 0 aromatic heterocycles. The molecule has 2 aliphatic rings. The summed E-state index contributed by atoms with van der Waals surface area (Å²) < 4.78 is 0. The summed E-state index contributed by atoms with van der Waals surface area (Å²) >= 11 is 0. The minimum atomic E-state index is 0.566. The number of unbranched alkanes of at least 4 members (excludes halogenated alkanes) is 1. The first kappa shape index (κ1) is 14.1. The molecule has 1 N–H and O–H groups in total. The van der Waals surface area contributed by atoms with Crippen LogP contribution < -0.4 is 5.32 Å². The zero-order chi connectivity index (χ0) is 13.8. The summed E-state index contributed by atoms with van der Waals surface area (Å²) in [6.45, 7) is 4.67. The lowest BCUT2D eigenvalue weighted by Crippen LogP contribution is -2.38. The number of nitrogens with one attached hydrogen (secondary N) is 1. The second-order valence-corrected chi connectivity index (χ2v) is 6.43. The highest BCUT2D eigenvalue weighted by atomic mass is 15.2. The fraction of sp³-hybridized carbons (Fsp3) is 0.667.